The third-order valence-electron chi connectivity index (χ3n) is 9.71. The van der Waals surface area contributed by atoms with Gasteiger partial charge in [-0.2, -0.15) is 10.5 Å². The van der Waals surface area contributed by atoms with Gasteiger partial charge >= 0.3 is 5.97 Å². The molecular weight excluding hydrogens is 892 g/mol. The molecule has 0 fully saturated rings. The van der Waals surface area contributed by atoms with E-state index in [9.17, 15) is 30.6 Å². The number of nitriles is 2. The van der Waals surface area contributed by atoms with Crippen LogP contribution in [0.3, 0.4) is 0 Å². The maximum atomic E-state index is 11.9. The van der Waals surface area contributed by atoms with Crippen LogP contribution in [0.15, 0.2) is 97.6 Å². The molecule has 0 aliphatic carbocycles. The lowest BCUT2D eigenvalue weighted by Crippen LogP contribution is -2.52. The zero-order chi connectivity index (χ0) is 45.1. The van der Waals surface area contributed by atoms with Crippen LogP contribution < -0.4 is 24.3 Å². The maximum absolute atomic E-state index is 11.9. The summed E-state index contributed by atoms with van der Waals surface area (Å²) in [6.45, 7) is 0.407. The van der Waals surface area contributed by atoms with Gasteiger partial charge in [0.05, 0.1) is 44.4 Å². The highest BCUT2D eigenvalue weighted by Gasteiger charge is 2.32. The topological polar surface area (TPSA) is 200 Å². The number of carbonyl (C=O) groups is 1. The minimum atomic E-state index is -1.64. The number of hydrogen-bond acceptors (Lipinski definition) is 12. The normalized spacial score (nSPS) is 11.8. The van der Waals surface area contributed by atoms with Gasteiger partial charge in [0.1, 0.15) is 67.1 Å². The third-order valence-corrected chi connectivity index (χ3v) is 11.2. The molecule has 6 aromatic rings. The predicted molar refractivity (Wildman–Crippen MR) is 236 cm³/mol. The molecule has 0 aliphatic rings. The highest BCUT2D eigenvalue weighted by atomic mass is 35.5. The van der Waals surface area contributed by atoms with E-state index in [0.717, 1.165) is 0 Å². The van der Waals surface area contributed by atoms with E-state index in [4.69, 9.17) is 65.4 Å². The number of halogens is 4. The van der Waals surface area contributed by atoms with Crippen LogP contribution in [0, 0.1) is 22.7 Å². The molecule has 0 saturated heterocycles. The summed E-state index contributed by atoms with van der Waals surface area (Å²) in [5.41, 5.74) is 3.77. The number of hydrogen-bond donors (Lipinski definition) is 4. The quantitative estimate of drug-likeness (QED) is 0.0600. The summed E-state index contributed by atoms with van der Waals surface area (Å²) in [6.07, 6.45) is 6.02. The van der Waals surface area contributed by atoms with Crippen molar-refractivity contribution in [2.45, 2.75) is 52.0 Å². The Morgan fingerprint density at radius 2 is 1.11 bits per heavy atom. The molecule has 13 nitrogen and oxygen atoms in total. The summed E-state index contributed by atoms with van der Waals surface area (Å²) in [5, 5.41) is 52.0. The van der Waals surface area contributed by atoms with Crippen molar-refractivity contribution in [3.63, 3.8) is 0 Å². The number of aliphatic hydroxyl groups is 2. The van der Waals surface area contributed by atoms with Crippen LogP contribution in [-0.2, 0) is 44.4 Å². The molecule has 0 saturated carbocycles. The fraction of sp³-hybridized carbons (Fsp3) is 0.196. The lowest BCUT2D eigenvalue weighted by atomic mass is 10.0. The van der Waals surface area contributed by atoms with Gasteiger partial charge in [0.25, 0.3) is 0 Å². The second-order valence-corrected chi connectivity index (χ2v) is 15.8. The number of aliphatic hydroxyl groups excluding tert-OH is 2. The van der Waals surface area contributed by atoms with Crippen LogP contribution in [0.4, 0.5) is 0 Å². The first kappa shape index (κ1) is 46.4. The summed E-state index contributed by atoms with van der Waals surface area (Å²) in [6, 6.07) is 24.5. The molecule has 1 unspecified atom stereocenters. The Morgan fingerprint density at radius 3 is 1.56 bits per heavy atom. The Balaban J connectivity index is 1.19. The van der Waals surface area contributed by atoms with Crippen molar-refractivity contribution in [3.8, 4) is 46.3 Å². The van der Waals surface area contributed by atoms with Gasteiger partial charge in [0.15, 0.2) is 0 Å². The summed E-state index contributed by atoms with van der Waals surface area (Å²) in [4.78, 5) is 20.0. The molecule has 0 aliphatic heterocycles. The van der Waals surface area contributed by atoms with Crippen molar-refractivity contribution >= 4 is 52.4 Å². The SMILES string of the molecule is CC(CO)(NCc1cc(Cl)c(OCc2cccc(-c3cccc(COc4cc(OCc5cncc(C#N)c5)c(CO)cc4Cl)c3Cl)c2Cl)cc1OCc1cncc(C#N)c1)C(=O)O. The number of nitrogens with one attached hydrogen (secondary N) is 1. The van der Waals surface area contributed by atoms with Gasteiger partial charge < -0.3 is 34.3 Å². The molecule has 2 heterocycles. The van der Waals surface area contributed by atoms with Crippen LogP contribution in [0.2, 0.25) is 20.1 Å². The Kier molecular flexibility index (Phi) is 15.7. The van der Waals surface area contributed by atoms with Crippen LogP contribution in [-0.4, -0.2) is 43.4 Å². The molecule has 0 amide bonds. The number of rotatable bonds is 19. The number of aliphatic carboxylic acids is 1. The zero-order valence-electron chi connectivity index (χ0n) is 33.4. The van der Waals surface area contributed by atoms with Gasteiger partial charge in [-0.15, -0.1) is 0 Å². The van der Waals surface area contributed by atoms with E-state index in [1.165, 1.54) is 19.3 Å². The third kappa shape index (κ3) is 11.5. The summed E-state index contributed by atoms with van der Waals surface area (Å²) >= 11 is 27.3. The van der Waals surface area contributed by atoms with Crippen LogP contribution in [0.5, 0.6) is 23.0 Å². The molecule has 0 radical (unpaired) electrons. The number of pyridine rings is 2. The first-order valence-corrected chi connectivity index (χ1v) is 20.5. The van der Waals surface area contributed by atoms with Gasteiger partial charge in [-0.05, 0) is 31.2 Å². The first-order valence-electron chi connectivity index (χ1n) is 19.0. The first-order chi connectivity index (χ1) is 30.4. The van der Waals surface area contributed by atoms with Gasteiger partial charge in [0, 0.05) is 88.0 Å². The van der Waals surface area contributed by atoms with Crippen molar-refractivity contribution in [1.29, 1.82) is 10.5 Å². The molecule has 63 heavy (non-hydrogen) atoms. The highest BCUT2D eigenvalue weighted by molar-refractivity contribution is 6.37. The minimum Gasteiger partial charge on any atom is -0.488 e. The van der Waals surface area contributed by atoms with Crippen molar-refractivity contribution in [2.24, 2.45) is 0 Å². The summed E-state index contributed by atoms with van der Waals surface area (Å²) in [5.74, 6) is -0.0777. The molecule has 1 atom stereocenters. The minimum absolute atomic E-state index is 0.0164. The molecular formula is C46H37Cl4N5O8. The van der Waals surface area contributed by atoms with Crippen LogP contribution >= 0.6 is 46.4 Å². The van der Waals surface area contributed by atoms with Crippen molar-refractivity contribution in [2.75, 3.05) is 6.61 Å². The smallest absolute Gasteiger partial charge is 0.326 e. The van der Waals surface area contributed by atoms with E-state index in [0.29, 0.717) is 77.2 Å². The lowest BCUT2D eigenvalue weighted by Gasteiger charge is -2.25. The molecule has 4 N–H and O–H groups in total. The number of benzene rings is 4. The molecule has 17 heteroatoms. The standard InChI is InChI=1S/C46H37Cl4N5O8/c1-46(26-57,45(58)59)55-20-33-10-37(47)41(12-39(33)60-22-29-8-27(14-51)16-53-18-29)62-24-31-4-2-6-35(43(31)49)36-7-3-5-32(44(36)50)25-63-42-13-40(34(21-56)11-38(42)48)61-23-30-9-28(15-52)17-54-19-30/h2-13,16-19,55-57H,20-26H2,1H3,(H,58,59). The zero-order valence-corrected chi connectivity index (χ0v) is 36.4. The number of carboxylic acids is 1. The van der Waals surface area contributed by atoms with E-state index in [1.807, 2.05) is 36.4 Å². The molecule has 0 spiro atoms. The molecule has 6 rings (SSSR count). The fourth-order valence-corrected chi connectivity index (χ4v) is 7.13. The molecule has 322 valence electrons. The average Bonchev–Trinajstić information content (AvgIpc) is 3.29. The van der Waals surface area contributed by atoms with Gasteiger partial charge in [0.2, 0.25) is 0 Å². The monoisotopic (exact) mass is 927 g/mol. The van der Waals surface area contributed by atoms with E-state index < -0.39 is 18.1 Å². The Morgan fingerprint density at radius 1 is 0.651 bits per heavy atom. The second-order valence-electron chi connectivity index (χ2n) is 14.2. The van der Waals surface area contributed by atoms with Crippen molar-refractivity contribution < 1.29 is 39.1 Å². The molecule has 2 aromatic heterocycles. The van der Waals surface area contributed by atoms with Crippen LogP contribution in [0.25, 0.3) is 11.1 Å². The summed E-state index contributed by atoms with van der Waals surface area (Å²) in [7, 11) is 0. The largest absolute Gasteiger partial charge is 0.488 e. The lowest BCUT2D eigenvalue weighted by molar-refractivity contribution is -0.145. The second kappa shape index (κ2) is 21.3. The maximum Gasteiger partial charge on any atom is 0.326 e. The Hall–Kier alpha value is -6.13. The number of ether oxygens (including phenoxy) is 4. The van der Waals surface area contributed by atoms with Gasteiger partial charge in [-0.25, -0.2) is 0 Å². The van der Waals surface area contributed by atoms with Gasteiger partial charge in [-0.3, -0.25) is 20.1 Å². The fourth-order valence-electron chi connectivity index (χ4n) is 6.08. The highest BCUT2D eigenvalue weighted by Crippen LogP contribution is 2.40. The van der Waals surface area contributed by atoms with E-state index in [1.54, 1.807) is 60.9 Å². The van der Waals surface area contributed by atoms with Crippen molar-refractivity contribution in [3.05, 3.63) is 162 Å². The number of nitrogens with zero attached hydrogens (tertiary/aromatic N) is 4. The van der Waals surface area contributed by atoms with E-state index in [2.05, 4.69) is 15.3 Å². The van der Waals surface area contributed by atoms with E-state index >= 15 is 0 Å². The molecule has 4 aromatic carbocycles. The van der Waals surface area contributed by atoms with E-state index in [-0.39, 0.29) is 61.1 Å². The average molecular weight is 930 g/mol. The summed E-state index contributed by atoms with van der Waals surface area (Å²) < 4.78 is 24.4. The van der Waals surface area contributed by atoms with Gasteiger partial charge in [-0.1, -0.05) is 82.8 Å². The Labute approximate surface area is 382 Å². The predicted octanol–water partition coefficient (Wildman–Crippen LogP) is 9.23. The number of carboxylic acid groups (broad SMARTS) is 1. The Bertz CT molecular complexity index is 2730. The van der Waals surface area contributed by atoms with Crippen molar-refractivity contribution in [1.82, 2.24) is 15.3 Å². The van der Waals surface area contributed by atoms with Crippen LogP contribution in [0.1, 0.15) is 51.4 Å². The molecule has 0 bridgehead atoms. The number of aromatic nitrogens is 2.